The van der Waals surface area contributed by atoms with Crippen molar-refractivity contribution in [1.82, 2.24) is 9.80 Å². The van der Waals surface area contributed by atoms with Crippen molar-refractivity contribution in [3.8, 4) is 11.8 Å². The molecule has 2 fully saturated rings. The number of piperidine rings is 2. The number of hydrogen-bond donors (Lipinski definition) is 1. The molecule has 2 heterocycles. The maximum absolute atomic E-state index is 11.7. The summed E-state index contributed by atoms with van der Waals surface area (Å²) in [7, 11) is 1.42. The van der Waals surface area contributed by atoms with Gasteiger partial charge >= 0.3 is 6.09 Å². The monoisotopic (exact) mass is 359 g/mol. The molecule has 7 heteroatoms. The molecule has 0 spiro atoms. The topological polar surface area (TPSA) is 86.0 Å². The van der Waals surface area contributed by atoms with Crippen molar-refractivity contribution in [2.45, 2.75) is 12.5 Å². The van der Waals surface area contributed by atoms with Crippen LogP contribution >= 0.6 is 0 Å². The average molecular weight is 359 g/mol. The van der Waals surface area contributed by atoms with E-state index >= 15 is 0 Å². The van der Waals surface area contributed by atoms with Crippen LogP contribution in [-0.4, -0.2) is 73.5 Å². The second kappa shape index (κ2) is 8.39. The fourth-order valence-electron chi connectivity index (χ4n) is 3.98. The van der Waals surface area contributed by atoms with Gasteiger partial charge in [-0.2, -0.15) is 5.26 Å². The molecule has 3 atom stereocenters. The molecule has 2 saturated heterocycles. The average Bonchev–Trinajstić information content (AvgIpc) is 2.65. The number of benzene rings is 1. The summed E-state index contributed by atoms with van der Waals surface area (Å²) in [5, 5.41) is 19.1. The molecule has 2 aliphatic heterocycles. The summed E-state index contributed by atoms with van der Waals surface area (Å²) >= 11 is 0. The highest BCUT2D eigenvalue weighted by Gasteiger charge is 2.36. The Hall–Kier alpha value is -2.30. The number of aliphatic hydroxyl groups excluding tert-OH is 1. The molecule has 26 heavy (non-hydrogen) atoms. The first-order valence-electron chi connectivity index (χ1n) is 8.93. The first-order chi connectivity index (χ1) is 12.6. The van der Waals surface area contributed by atoms with Crippen molar-refractivity contribution < 1.29 is 19.4 Å². The normalized spacial score (nSPS) is 23.8. The SMILES string of the molecule is COC(=O)N1CC2CC(CN(CC(O)COc3ccc(C#N)cc3)C2)C1. The van der Waals surface area contributed by atoms with Crippen LogP contribution in [0.4, 0.5) is 4.79 Å². The van der Waals surface area contributed by atoms with E-state index in [1.165, 1.54) is 7.11 Å². The van der Waals surface area contributed by atoms with Crippen molar-refractivity contribution in [3.05, 3.63) is 29.8 Å². The van der Waals surface area contributed by atoms with Gasteiger partial charge in [-0.05, 0) is 42.5 Å². The predicted molar refractivity (Wildman–Crippen MR) is 94.7 cm³/mol. The van der Waals surface area contributed by atoms with Gasteiger partial charge in [0.25, 0.3) is 0 Å². The van der Waals surface area contributed by atoms with E-state index in [2.05, 4.69) is 11.0 Å². The summed E-state index contributed by atoms with van der Waals surface area (Å²) < 4.78 is 10.4. The van der Waals surface area contributed by atoms with Crippen LogP contribution in [0, 0.1) is 23.2 Å². The Morgan fingerprint density at radius 2 is 1.92 bits per heavy atom. The first kappa shape index (κ1) is 18.5. The van der Waals surface area contributed by atoms with Crippen LogP contribution in [0.3, 0.4) is 0 Å². The number of β-amino-alcohol motifs (C(OH)–C–C–N with tert-alkyl or cyclic N) is 1. The number of hydrogen-bond acceptors (Lipinski definition) is 6. The van der Waals surface area contributed by atoms with E-state index in [-0.39, 0.29) is 12.7 Å². The van der Waals surface area contributed by atoms with E-state index in [0.717, 1.165) is 32.6 Å². The molecular weight excluding hydrogens is 334 g/mol. The molecule has 1 N–H and O–H groups in total. The lowest BCUT2D eigenvalue weighted by molar-refractivity contribution is 0.00104. The Bertz CT molecular complexity index is 644. The lowest BCUT2D eigenvalue weighted by atomic mass is 9.85. The smallest absolute Gasteiger partial charge is 0.409 e. The maximum Gasteiger partial charge on any atom is 0.409 e. The molecule has 0 aromatic heterocycles. The number of fused-ring (bicyclic) bond motifs is 2. The van der Waals surface area contributed by atoms with Crippen LogP contribution in [0.15, 0.2) is 24.3 Å². The van der Waals surface area contributed by atoms with Gasteiger partial charge in [-0.1, -0.05) is 0 Å². The van der Waals surface area contributed by atoms with Gasteiger partial charge in [-0.25, -0.2) is 4.79 Å². The number of ether oxygens (including phenoxy) is 2. The molecule has 7 nitrogen and oxygen atoms in total. The number of carbonyl (C=O) groups is 1. The van der Waals surface area contributed by atoms with Crippen molar-refractivity contribution in [3.63, 3.8) is 0 Å². The zero-order valence-corrected chi connectivity index (χ0v) is 15.0. The Labute approximate surface area is 153 Å². The van der Waals surface area contributed by atoms with Crippen molar-refractivity contribution in [1.29, 1.82) is 5.26 Å². The number of rotatable bonds is 5. The zero-order valence-electron chi connectivity index (χ0n) is 15.0. The molecule has 1 aromatic carbocycles. The largest absolute Gasteiger partial charge is 0.491 e. The van der Waals surface area contributed by atoms with E-state index in [4.69, 9.17) is 14.7 Å². The van der Waals surface area contributed by atoms with Gasteiger partial charge in [0.15, 0.2) is 0 Å². The standard InChI is InChI=1S/C19H25N3O4/c1-25-19(24)22-10-15-6-16(11-22)9-21(8-15)12-17(23)13-26-18-4-2-14(7-20)3-5-18/h2-5,15-17,23H,6,8-13H2,1H3. The van der Waals surface area contributed by atoms with Gasteiger partial charge in [-0.3, -0.25) is 4.90 Å². The number of nitriles is 1. The molecule has 1 aromatic rings. The minimum Gasteiger partial charge on any atom is -0.491 e. The molecule has 3 rings (SSSR count). The molecule has 3 unspecified atom stereocenters. The number of amides is 1. The van der Waals surface area contributed by atoms with E-state index in [1.54, 1.807) is 29.2 Å². The summed E-state index contributed by atoms with van der Waals surface area (Å²) in [6.45, 7) is 3.96. The zero-order chi connectivity index (χ0) is 18.5. The third kappa shape index (κ3) is 4.65. The highest BCUT2D eigenvalue weighted by molar-refractivity contribution is 5.67. The van der Waals surface area contributed by atoms with Crippen molar-refractivity contribution in [2.24, 2.45) is 11.8 Å². The van der Waals surface area contributed by atoms with E-state index in [9.17, 15) is 9.90 Å². The highest BCUT2D eigenvalue weighted by atomic mass is 16.5. The Kier molecular flexibility index (Phi) is 5.96. The minimum atomic E-state index is -0.582. The quantitative estimate of drug-likeness (QED) is 0.853. The Balaban J connectivity index is 1.44. The molecular formula is C19H25N3O4. The second-order valence-electron chi connectivity index (χ2n) is 7.16. The molecule has 0 radical (unpaired) electrons. The summed E-state index contributed by atoms with van der Waals surface area (Å²) in [6, 6.07) is 8.92. The van der Waals surface area contributed by atoms with Crippen LogP contribution in [-0.2, 0) is 4.74 Å². The van der Waals surface area contributed by atoms with Gasteiger partial charge < -0.3 is 19.5 Å². The third-order valence-electron chi connectivity index (χ3n) is 4.98. The molecule has 2 aliphatic rings. The molecule has 140 valence electrons. The lowest BCUT2D eigenvalue weighted by Crippen LogP contribution is -2.55. The van der Waals surface area contributed by atoms with E-state index in [1.807, 2.05) is 0 Å². The Morgan fingerprint density at radius 3 is 2.50 bits per heavy atom. The minimum absolute atomic E-state index is 0.214. The van der Waals surface area contributed by atoms with Crippen LogP contribution in [0.1, 0.15) is 12.0 Å². The van der Waals surface area contributed by atoms with E-state index < -0.39 is 6.10 Å². The van der Waals surface area contributed by atoms with Crippen LogP contribution in [0.2, 0.25) is 0 Å². The van der Waals surface area contributed by atoms with Crippen LogP contribution in [0.25, 0.3) is 0 Å². The van der Waals surface area contributed by atoms with Gasteiger partial charge in [0.2, 0.25) is 0 Å². The molecule has 2 bridgehead atoms. The maximum atomic E-state index is 11.7. The third-order valence-corrected chi connectivity index (χ3v) is 4.98. The molecule has 0 aliphatic carbocycles. The number of carbonyl (C=O) groups excluding carboxylic acids is 1. The van der Waals surface area contributed by atoms with Gasteiger partial charge in [0.1, 0.15) is 18.5 Å². The van der Waals surface area contributed by atoms with Crippen LogP contribution in [0.5, 0.6) is 5.75 Å². The van der Waals surface area contributed by atoms with Gasteiger partial charge in [0.05, 0.1) is 18.7 Å². The summed E-state index contributed by atoms with van der Waals surface area (Å²) in [5.41, 5.74) is 0.582. The van der Waals surface area contributed by atoms with Crippen molar-refractivity contribution in [2.75, 3.05) is 46.4 Å². The van der Waals surface area contributed by atoms with Gasteiger partial charge in [0, 0.05) is 32.7 Å². The highest BCUT2D eigenvalue weighted by Crippen LogP contribution is 2.29. The summed E-state index contributed by atoms with van der Waals surface area (Å²) in [4.78, 5) is 15.8. The number of likely N-dealkylation sites (tertiary alicyclic amines) is 2. The second-order valence-corrected chi connectivity index (χ2v) is 7.16. The predicted octanol–water partition coefficient (Wildman–Crippen LogP) is 1.32. The van der Waals surface area contributed by atoms with E-state index in [0.29, 0.717) is 29.7 Å². The Morgan fingerprint density at radius 1 is 1.27 bits per heavy atom. The fraction of sp³-hybridized carbons (Fsp3) is 0.579. The first-order valence-corrected chi connectivity index (χ1v) is 8.93. The molecule has 1 amide bonds. The van der Waals surface area contributed by atoms with Crippen molar-refractivity contribution >= 4 is 6.09 Å². The van der Waals surface area contributed by atoms with Crippen LogP contribution < -0.4 is 4.74 Å². The number of aliphatic hydroxyl groups is 1. The fourth-order valence-corrected chi connectivity index (χ4v) is 3.98. The number of methoxy groups -OCH3 is 1. The van der Waals surface area contributed by atoms with Gasteiger partial charge in [-0.15, -0.1) is 0 Å². The summed E-state index contributed by atoms with van der Waals surface area (Å²) in [5.74, 6) is 1.49. The molecule has 0 saturated carbocycles. The summed E-state index contributed by atoms with van der Waals surface area (Å²) in [6.07, 6.45) is 0.298. The lowest BCUT2D eigenvalue weighted by Gasteiger charge is -2.45. The number of nitrogens with zero attached hydrogens (tertiary/aromatic N) is 3.